The molecule has 0 aromatic heterocycles. The summed E-state index contributed by atoms with van der Waals surface area (Å²) in [5.41, 5.74) is 0. The second-order valence-electron chi connectivity index (χ2n) is 5.46. The van der Waals surface area contributed by atoms with Gasteiger partial charge in [-0.25, -0.2) is 0 Å². The van der Waals surface area contributed by atoms with Gasteiger partial charge in [0, 0.05) is 38.5 Å². The van der Waals surface area contributed by atoms with E-state index in [1.165, 1.54) is 12.8 Å². The van der Waals surface area contributed by atoms with Crippen molar-refractivity contribution in [3.05, 3.63) is 0 Å². The lowest BCUT2D eigenvalue weighted by atomic mass is 10.0. The zero-order valence-electron chi connectivity index (χ0n) is 12.7. The van der Waals surface area contributed by atoms with E-state index in [0.717, 1.165) is 12.8 Å². The Kier molecular flexibility index (Phi) is 6.89. The number of hydrogen-bond acceptors (Lipinski definition) is 2. The molecule has 0 aliphatic carbocycles. The van der Waals surface area contributed by atoms with Crippen LogP contribution in [0.5, 0.6) is 0 Å². The molecular formula is C15H28N2O2. The van der Waals surface area contributed by atoms with Crippen LogP contribution in [-0.4, -0.2) is 47.8 Å². The zero-order valence-corrected chi connectivity index (χ0v) is 12.7. The lowest BCUT2D eigenvalue weighted by Gasteiger charge is -2.36. The molecule has 0 aromatic rings. The van der Waals surface area contributed by atoms with Gasteiger partial charge in [-0.2, -0.15) is 0 Å². The van der Waals surface area contributed by atoms with Gasteiger partial charge in [0.15, 0.2) is 0 Å². The lowest BCUT2D eigenvalue weighted by molar-refractivity contribution is -0.141. The summed E-state index contributed by atoms with van der Waals surface area (Å²) in [6.07, 6.45) is 5.08. The summed E-state index contributed by atoms with van der Waals surface area (Å²) in [5, 5.41) is 0. The van der Waals surface area contributed by atoms with E-state index in [-0.39, 0.29) is 17.7 Å². The van der Waals surface area contributed by atoms with Crippen LogP contribution in [0.3, 0.4) is 0 Å². The Morgan fingerprint density at radius 1 is 1.00 bits per heavy atom. The summed E-state index contributed by atoms with van der Waals surface area (Å²) in [7, 11) is 0. The summed E-state index contributed by atoms with van der Waals surface area (Å²) < 4.78 is 0. The van der Waals surface area contributed by atoms with Crippen molar-refractivity contribution in [1.82, 2.24) is 9.80 Å². The van der Waals surface area contributed by atoms with Crippen LogP contribution < -0.4 is 0 Å². The van der Waals surface area contributed by atoms with E-state index in [1.807, 2.05) is 23.6 Å². The van der Waals surface area contributed by atoms with Gasteiger partial charge in [-0.15, -0.1) is 0 Å². The molecule has 1 rings (SSSR count). The Balaban J connectivity index is 2.33. The largest absolute Gasteiger partial charge is 0.339 e. The minimum atomic E-state index is 0.125. The molecule has 1 fully saturated rings. The minimum Gasteiger partial charge on any atom is -0.339 e. The molecule has 0 spiro atoms. The van der Waals surface area contributed by atoms with Crippen molar-refractivity contribution in [2.24, 2.45) is 5.92 Å². The van der Waals surface area contributed by atoms with Gasteiger partial charge in [0.25, 0.3) is 0 Å². The van der Waals surface area contributed by atoms with E-state index in [4.69, 9.17) is 0 Å². The third-order valence-corrected chi connectivity index (χ3v) is 3.91. The highest BCUT2D eigenvalue weighted by atomic mass is 16.2. The third-order valence-electron chi connectivity index (χ3n) is 3.91. The maximum Gasteiger partial charge on any atom is 0.225 e. The van der Waals surface area contributed by atoms with Crippen molar-refractivity contribution in [1.29, 1.82) is 0 Å². The first-order valence-corrected chi connectivity index (χ1v) is 7.66. The molecule has 1 unspecified atom stereocenters. The molecule has 0 N–H and O–H groups in total. The smallest absolute Gasteiger partial charge is 0.225 e. The van der Waals surface area contributed by atoms with E-state index in [9.17, 15) is 9.59 Å². The first-order valence-electron chi connectivity index (χ1n) is 7.66. The first-order chi connectivity index (χ1) is 9.10. The highest BCUT2D eigenvalue weighted by Gasteiger charge is 2.25. The molecule has 0 saturated carbocycles. The Bertz CT molecular complexity index is 297. The van der Waals surface area contributed by atoms with Gasteiger partial charge in [0.05, 0.1) is 0 Å². The second-order valence-corrected chi connectivity index (χ2v) is 5.46. The Morgan fingerprint density at radius 2 is 1.58 bits per heavy atom. The highest BCUT2D eigenvalue weighted by molar-refractivity contribution is 5.79. The monoisotopic (exact) mass is 268 g/mol. The minimum absolute atomic E-state index is 0.125. The number of carbonyl (C=O) groups excluding carboxylic acids is 2. The summed E-state index contributed by atoms with van der Waals surface area (Å²) in [4.78, 5) is 27.6. The zero-order chi connectivity index (χ0) is 14.3. The fourth-order valence-corrected chi connectivity index (χ4v) is 2.54. The van der Waals surface area contributed by atoms with Crippen LogP contribution in [0, 0.1) is 5.92 Å². The SMILES string of the molecule is CCCCCC(C)C(=O)N1CCN(C(=O)CC)CC1. The Labute approximate surface area is 117 Å². The molecule has 0 radical (unpaired) electrons. The van der Waals surface area contributed by atoms with Crippen LogP contribution in [0.15, 0.2) is 0 Å². The molecule has 19 heavy (non-hydrogen) atoms. The van der Waals surface area contributed by atoms with Gasteiger partial charge in [0.2, 0.25) is 11.8 Å². The summed E-state index contributed by atoms with van der Waals surface area (Å²) in [5.74, 6) is 0.586. The standard InChI is InChI=1S/C15H28N2O2/c1-4-6-7-8-13(3)15(19)17-11-9-16(10-12-17)14(18)5-2/h13H,4-12H2,1-3H3. The fraction of sp³-hybridized carbons (Fsp3) is 0.867. The van der Waals surface area contributed by atoms with E-state index >= 15 is 0 Å². The molecule has 110 valence electrons. The number of nitrogens with zero attached hydrogens (tertiary/aromatic N) is 2. The van der Waals surface area contributed by atoms with E-state index < -0.39 is 0 Å². The van der Waals surface area contributed by atoms with Gasteiger partial charge >= 0.3 is 0 Å². The lowest BCUT2D eigenvalue weighted by Crippen LogP contribution is -2.51. The number of amides is 2. The van der Waals surface area contributed by atoms with E-state index in [2.05, 4.69) is 6.92 Å². The number of carbonyl (C=O) groups is 2. The fourth-order valence-electron chi connectivity index (χ4n) is 2.54. The van der Waals surface area contributed by atoms with E-state index in [1.54, 1.807) is 0 Å². The van der Waals surface area contributed by atoms with Crippen LogP contribution in [0.1, 0.15) is 52.9 Å². The normalized spacial score (nSPS) is 17.4. The average molecular weight is 268 g/mol. The maximum atomic E-state index is 12.3. The predicted molar refractivity (Wildman–Crippen MR) is 76.8 cm³/mol. The molecule has 1 saturated heterocycles. The molecule has 0 aromatic carbocycles. The van der Waals surface area contributed by atoms with Crippen LogP contribution >= 0.6 is 0 Å². The van der Waals surface area contributed by atoms with Crippen molar-refractivity contribution >= 4 is 11.8 Å². The summed E-state index contributed by atoms with van der Waals surface area (Å²) >= 11 is 0. The third kappa shape index (κ3) is 4.84. The Hall–Kier alpha value is -1.06. The maximum absolute atomic E-state index is 12.3. The molecule has 1 heterocycles. The predicted octanol–water partition coefficient (Wildman–Crippen LogP) is 2.28. The van der Waals surface area contributed by atoms with Gasteiger partial charge in [-0.05, 0) is 6.42 Å². The molecule has 0 bridgehead atoms. The highest BCUT2D eigenvalue weighted by Crippen LogP contribution is 2.14. The number of rotatable bonds is 6. The Morgan fingerprint density at radius 3 is 2.11 bits per heavy atom. The molecule has 4 nitrogen and oxygen atoms in total. The average Bonchev–Trinajstić information content (AvgIpc) is 2.46. The number of hydrogen-bond donors (Lipinski definition) is 0. The first kappa shape index (κ1) is 16.0. The van der Waals surface area contributed by atoms with Gasteiger partial charge in [-0.3, -0.25) is 9.59 Å². The van der Waals surface area contributed by atoms with Crippen molar-refractivity contribution in [2.45, 2.75) is 52.9 Å². The van der Waals surface area contributed by atoms with Crippen molar-refractivity contribution in [2.75, 3.05) is 26.2 Å². The van der Waals surface area contributed by atoms with Crippen molar-refractivity contribution in [3.63, 3.8) is 0 Å². The quantitative estimate of drug-likeness (QED) is 0.693. The molecular weight excluding hydrogens is 240 g/mol. The van der Waals surface area contributed by atoms with Gasteiger partial charge in [-0.1, -0.05) is 40.0 Å². The summed E-state index contributed by atoms with van der Waals surface area (Å²) in [6.45, 7) is 8.87. The summed E-state index contributed by atoms with van der Waals surface area (Å²) in [6, 6.07) is 0. The van der Waals surface area contributed by atoms with Gasteiger partial charge in [0.1, 0.15) is 0 Å². The second kappa shape index (κ2) is 8.18. The topological polar surface area (TPSA) is 40.6 Å². The van der Waals surface area contributed by atoms with Gasteiger partial charge < -0.3 is 9.80 Å². The number of unbranched alkanes of at least 4 members (excludes halogenated alkanes) is 2. The van der Waals surface area contributed by atoms with Crippen molar-refractivity contribution in [3.8, 4) is 0 Å². The van der Waals surface area contributed by atoms with Crippen molar-refractivity contribution < 1.29 is 9.59 Å². The molecule has 1 aliphatic heterocycles. The number of piperazine rings is 1. The van der Waals surface area contributed by atoms with Crippen LogP contribution in [0.25, 0.3) is 0 Å². The van der Waals surface area contributed by atoms with Crippen LogP contribution in [0.4, 0.5) is 0 Å². The van der Waals surface area contributed by atoms with Crippen LogP contribution in [0.2, 0.25) is 0 Å². The molecule has 2 amide bonds. The molecule has 1 aliphatic rings. The molecule has 4 heteroatoms. The van der Waals surface area contributed by atoms with Crippen LogP contribution in [-0.2, 0) is 9.59 Å². The van der Waals surface area contributed by atoms with E-state index in [0.29, 0.717) is 32.6 Å². The molecule has 1 atom stereocenters.